The van der Waals surface area contributed by atoms with Gasteiger partial charge in [-0.25, -0.2) is 9.98 Å². The van der Waals surface area contributed by atoms with E-state index >= 15 is 0 Å². The van der Waals surface area contributed by atoms with Gasteiger partial charge < -0.3 is 25.5 Å². The predicted molar refractivity (Wildman–Crippen MR) is 124 cm³/mol. The van der Waals surface area contributed by atoms with Gasteiger partial charge in [0.2, 0.25) is 0 Å². The van der Waals surface area contributed by atoms with Crippen LogP contribution in [0.5, 0.6) is 0 Å². The van der Waals surface area contributed by atoms with Crippen molar-refractivity contribution in [1.82, 2.24) is 20.5 Å². The normalized spacial score (nSPS) is 20.2. The molecule has 7 nitrogen and oxygen atoms in total. The third kappa shape index (κ3) is 6.57. The first kappa shape index (κ1) is 22.8. The number of piperazine rings is 1. The highest BCUT2D eigenvalue weighted by molar-refractivity contribution is 5.79. The van der Waals surface area contributed by atoms with Crippen LogP contribution >= 0.6 is 0 Å². The number of rotatable bonds is 8. The predicted octanol–water partition coefficient (Wildman–Crippen LogP) is 2.22. The minimum atomic E-state index is 0.203. The number of likely N-dealkylation sites (N-methyl/N-ethyl adjacent to an activating group) is 1. The van der Waals surface area contributed by atoms with Crippen LogP contribution < -0.4 is 15.5 Å². The summed E-state index contributed by atoms with van der Waals surface area (Å²) in [5.41, 5.74) is 1.32. The van der Waals surface area contributed by atoms with Crippen molar-refractivity contribution < 1.29 is 5.11 Å². The van der Waals surface area contributed by atoms with Crippen molar-refractivity contribution in [3.05, 3.63) is 23.9 Å². The van der Waals surface area contributed by atoms with Crippen molar-refractivity contribution >= 4 is 11.8 Å². The van der Waals surface area contributed by atoms with Crippen molar-refractivity contribution in [2.45, 2.75) is 52.0 Å². The van der Waals surface area contributed by atoms with Gasteiger partial charge >= 0.3 is 0 Å². The van der Waals surface area contributed by atoms with Crippen LogP contribution in [-0.2, 0) is 6.54 Å². The number of nitrogens with one attached hydrogen (secondary N) is 2. The zero-order valence-electron chi connectivity index (χ0n) is 18.9. The number of aliphatic hydroxyl groups excluding tert-OH is 1. The Kier molecular flexibility index (Phi) is 8.75. The second-order valence-corrected chi connectivity index (χ2v) is 8.90. The summed E-state index contributed by atoms with van der Waals surface area (Å²) in [5.74, 6) is 1.91. The molecule has 3 N–H and O–H groups in total. The highest BCUT2D eigenvalue weighted by atomic mass is 16.3. The quantitative estimate of drug-likeness (QED) is 0.446. The molecular formula is C23H40N6O. The molecular weight excluding hydrogens is 376 g/mol. The van der Waals surface area contributed by atoms with Gasteiger partial charge in [0.15, 0.2) is 5.96 Å². The maximum Gasteiger partial charge on any atom is 0.191 e. The molecule has 1 saturated heterocycles. The largest absolute Gasteiger partial charge is 0.396 e. The fraction of sp³-hybridized carbons (Fsp3) is 0.739. The van der Waals surface area contributed by atoms with Crippen LogP contribution in [0.25, 0.3) is 0 Å². The highest BCUT2D eigenvalue weighted by Gasteiger charge is 2.31. The zero-order chi connectivity index (χ0) is 21.2. The lowest BCUT2D eigenvalue weighted by atomic mass is 9.72. The molecule has 30 heavy (non-hydrogen) atoms. The van der Waals surface area contributed by atoms with E-state index in [4.69, 9.17) is 4.99 Å². The van der Waals surface area contributed by atoms with Crippen LogP contribution in [-0.4, -0.2) is 73.9 Å². The lowest BCUT2D eigenvalue weighted by molar-refractivity contribution is 0.131. The maximum absolute atomic E-state index is 9.55. The van der Waals surface area contributed by atoms with E-state index in [0.717, 1.165) is 63.0 Å². The molecule has 3 rings (SSSR count). The summed E-state index contributed by atoms with van der Waals surface area (Å²) in [6.07, 6.45) is 9.06. The summed E-state index contributed by atoms with van der Waals surface area (Å²) in [4.78, 5) is 14.2. The van der Waals surface area contributed by atoms with Gasteiger partial charge in [0, 0.05) is 52.1 Å². The van der Waals surface area contributed by atoms with Crippen molar-refractivity contribution in [2.75, 3.05) is 57.8 Å². The molecule has 2 fully saturated rings. The van der Waals surface area contributed by atoms with Gasteiger partial charge in [-0.1, -0.05) is 25.3 Å². The Labute approximate surface area is 182 Å². The van der Waals surface area contributed by atoms with Crippen LogP contribution in [0.1, 0.15) is 51.0 Å². The Hall–Kier alpha value is -1.86. The van der Waals surface area contributed by atoms with Crippen molar-refractivity contribution in [1.29, 1.82) is 0 Å². The average Bonchev–Trinajstić information content (AvgIpc) is 2.78. The number of aliphatic hydroxyl groups is 1. The number of guanidine groups is 1. The number of aromatic nitrogens is 1. The van der Waals surface area contributed by atoms with Crippen LogP contribution in [0, 0.1) is 5.41 Å². The average molecular weight is 417 g/mol. The van der Waals surface area contributed by atoms with Crippen LogP contribution in [0.3, 0.4) is 0 Å². The molecule has 0 spiro atoms. The number of anilines is 1. The fourth-order valence-electron chi connectivity index (χ4n) is 4.57. The molecule has 0 radical (unpaired) electrons. The first-order valence-electron chi connectivity index (χ1n) is 11.7. The van der Waals surface area contributed by atoms with Crippen LogP contribution in [0.4, 0.5) is 5.82 Å². The molecule has 1 aromatic heterocycles. The summed E-state index contributed by atoms with van der Waals surface area (Å²) >= 11 is 0. The van der Waals surface area contributed by atoms with E-state index in [1.54, 1.807) is 0 Å². The fourth-order valence-corrected chi connectivity index (χ4v) is 4.57. The van der Waals surface area contributed by atoms with Crippen molar-refractivity contribution in [2.24, 2.45) is 10.4 Å². The topological polar surface area (TPSA) is 76.0 Å². The molecule has 1 aliphatic carbocycles. The number of nitrogens with zero attached hydrogens (tertiary/aromatic N) is 4. The zero-order valence-corrected chi connectivity index (χ0v) is 18.9. The number of hydrogen-bond acceptors (Lipinski definition) is 5. The van der Waals surface area contributed by atoms with Gasteiger partial charge in [-0.3, -0.25) is 0 Å². The Balaban J connectivity index is 1.56. The summed E-state index contributed by atoms with van der Waals surface area (Å²) in [7, 11) is 2.17. The SMILES string of the molecule is CCNC(=NCc1ccc(N2CCN(C)CC2)nc1)NCC1(CCO)CCCCC1. The summed E-state index contributed by atoms with van der Waals surface area (Å²) in [6.45, 7) is 8.91. The van der Waals surface area contributed by atoms with E-state index in [2.05, 4.69) is 51.5 Å². The van der Waals surface area contributed by atoms with Gasteiger partial charge in [-0.05, 0) is 50.3 Å². The summed E-state index contributed by atoms with van der Waals surface area (Å²) < 4.78 is 0. The van der Waals surface area contributed by atoms with Gasteiger partial charge in [-0.2, -0.15) is 0 Å². The molecule has 1 aromatic rings. The number of pyridine rings is 1. The van der Waals surface area contributed by atoms with Crippen molar-refractivity contribution in [3.8, 4) is 0 Å². The van der Waals surface area contributed by atoms with Crippen molar-refractivity contribution in [3.63, 3.8) is 0 Å². The number of hydrogen-bond donors (Lipinski definition) is 3. The summed E-state index contributed by atoms with van der Waals surface area (Å²) in [5, 5.41) is 16.5. The highest BCUT2D eigenvalue weighted by Crippen LogP contribution is 2.38. The Morgan fingerprint density at radius 3 is 2.53 bits per heavy atom. The second kappa shape index (κ2) is 11.5. The molecule has 168 valence electrons. The standard InChI is InChI=1S/C23H40N6O/c1-3-24-22(27-19-23(11-16-30)9-5-4-6-10-23)26-18-20-7-8-21(25-17-20)29-14-12-28(2)13-15-29/h7-8,17,30H,3-6,9-16,18-19H2,1-2H3,(H2,24,26,27). The molecule has 0 unspecified atom stereocenters. The van der Waals surface area contributed by atoms with E-state index in [-0.39, 0.29) is 12.0 Å². The molecule has 0 atom stereocenters. The maximum atomic E-state index is 9.55. The van der Waals surface area contributed by atoms with Gasteiger partial charge in [0.25, 0.3) is 0 Å². The molecule has 2 heterocycles. The minimum Gasteiger partial charge on any atom is -0.396 e. The Morgan fingerprint density at radius 1 is 1.13 bits per heavy atom. The van der Waals surface area contributed by atoms with Gasteiger partial charge in [-0.15, -0.1) is 0 Å². The lowest BCUT2D eigenvalue weighted by Crippen LogP contribution is -2.45. The third-order valence-electron chi connectivity index (χ3n) is 6.59. The van der Waals surface area contributed by atoms with E-state index in [1.165, 1.54) is 32.1 Å². The molecule has 2 aliphatic rings. The third-order valence-corrected chi connectivity index (χ3v) is 6.59. The number of aliphatic imine (C=N–C) groups is 1. The van der Waals surface area contributed by atoms with Crippen LogP contribution in [0.2, 0.25) is 0 Å². The van der Waals surface area contributed by atoms with E-state index in [1.807, 2.05) is 6.20 Å². The smallest absolute Gasteiger partial charge is 0.191 e. The second-order valence-electron chi connectivity index (χ2n) is 8.90. The monoisotopic (exact) mass is 416 g/mol. The molecule has 0 bridgehead atoms. The lowest BCUT2D eigenvalue weighted by Gasteiger charge is -2.37. The Morgan fingerprint density at radius 2 is 1.90 bits per heavy atom. The molecule has 0 aromatic carbocycles. The molecule has 1 saturated carbocycles. The van der Waals surface area contributed by atoms with E-state index in [0.29, 0.717) is 6.54 Å². The van der Waals surface area contributed by atoms with E-state index < -0.39 is 0 Å². The van der Waals surface area contributed by atoms with Gasteiger partial charge in [0.1, 0.15) is 5.82 Å². The first-order chi connectivity index (χ1) is 14.6. The molecule has 0 amide bonds. The molecule has 1 aliphatic heterocycles. The molecule has 7 heteroatoms. The van der Waals surface area contributed by atoms with Gasteiger partial charge in [0.05, 0.1) is 6.54 Å². The van der Waals surface area contributed by atoms with Crippen LogP contribution in [0.15, 0.2) is 23.3 Å². The Bertz CT molecular complexity index is 643. The minimum absolute atomic E-state index is 0.203. The van der Waals surface area contributed by atoms with E-state index in [9.17, 15) is 5.11 Å². The summed E-state index contributed by atoms with van der Waals surface area (Å²) in [6, 6.07) is 4.26. The first-order valence-corrected chi connectivity index (χ1v) is 11.7.